The van der Waals surface area contributed by atoms with Crippen LogP contribution in [0.25, 0.3) is 0 Å². The van der Waals surface area contributed by atoms with Gasteiger partial charge in [-0.25, -0.2) is 4.79 Å². The van der Waals surface area contributed by atoms with Gasteiger partial charge in [0, 0.05) is 0 Å². The Hall–Kier alpha value is -1.83. The molecule has 0 saturated heterocycles. The van der Waals surface area contributed by atoms with Gasteiger partial charge in [0.25, 0.3) is 0 Å². The van der Waals surface area contributed by atoms with Gasteiger partial charge in [-0.3, -0.25) is 9.59 Å². The van der Waals surface area contributed by atoms with Crippen LogP contribution in [0.15, 0.2) is 0 Å². The molecule has 0 radical (unpaired) electrons. The van der Waals surface area contributed by atoms with Gasteiger partial charge in [-0.2, -0.15) is 0 Å². The second-order valence-corrected chi connectivity index (χ2v) is 6.05. The third-order valence-corrected chi connectivity index (χ3v) is 2.68. The summed E-state index contributed by atoms with van der Waals surface area (Å²) in [6.07, 6.45) is 0.970. The summed E-state index contributed by atoms with van der Waals surface area (Å²) in [5, 5.41) is 13.6. The molecule has 0 heterocycles. The van der Waals surface area contributed by atoms with Crippen LogP contribution in [0.5, 0.6) is 0 Å². The van der Waals surface area contributed by atoms with Crippen molar-refractivity contribution in [3.8, 4) is 0 Å². The lowest BCUT2D eigenvalue weighted by Crippen LogP contribution is -2.51. The Balaban J connectivity index is 4.70. The van der Waals surface area contributed by atoms with Crippen LogP contribution < -0.4 is 16.4 Å². The smallest absolute Gasteiger partial charge is 0.408 e. The monoisotopic (exact) mass is 317 g/mol. The lowest BCUT2D eigenvalue weighted by molar-refractivity contribution is -0.141. The maximum atomic E-state index is 12.1. The molecule has 0 rings (SSSR count). The van der Waals surface area contributed by atoms with Crippen LogP contribution in [-0.2, 0) is 14.3 Å². The number of nitrogens with two attached hydrogens (primary N) is 1. The summed E-state index contributed by atoms with van der Waals surface area (Å²) in [7, 11) is 0. The van der Waals surface area contributed by atoms with Gasteiger partial charge in [-0.15, -0.1) is 0 Å². The van der Waals surface area contributed by atoms with Crippen molar-refractivity contribution >= 4 is 18.0 Å². The van der Waals surface area contributed by atoms with E-state index in [9.17, 15) is 14.4 Å². The molecule has 8 heteroatoms. The number of aliphatic carboxylic acids is 1. The molecule has 22 heavy (non-hydrogen) atoms. The number of alkyl carbamates (subject to hydrolysis) is 1. The van der Waals surface area contributed by atoms with Crippen molar-refractivity contribution < 1.29 is 24.2 Å². The second-order valence-electron chi connectivity index (χ2n) is 6.05. The minimum absolute atomic E-state index is 0.356. The minimum atomic E-state index is -1.15. The number of nitrogens with one attached hydrogen (secondary N) is 2. The Kier molecular flexibility index (Phi) is 8.47. The van der Waals surface area contributed by atoms with E-state index in [0.29, 0.717) is 25.8 Å². The third kappa shape index (κ3) is 9.17. The fraction of sp³-hybridized carbons (Fsp3) is 0.786. The van der Waals surface area contributed by atoms with Gasteiger partial charge in [-0.05, 0) is 53.5 Å². The molecule has 0 aliphatic rings. The number of hydrogen-bond donors (Lipinski definition) is 4. The van der Waals surface area contributed by atoms with Crippen LogP contribution >= 0.6 is 0 Å². The van der Waals surface area contributed by atoms with Crippen LogP contribution in [0.3, 0.4) is 0 Å². The Bertz CT molecular complexity index is 392. The van der Waals surface area contributed by atoms with E-state index in [1.54, 1.807) is 20.8 Å². The zero-order valence-electron chi connectivity index (χ0n) is 13.6. The molecule has 0 spiro atoms. The predicted molar refractivity (Wildman–Crippen MR) is 81.3 cm³/mol. The van der Waals surface area contributed by atoms with E-state index in [4.69, 9.17) is 15.6 Å². The lowest BCUT2D eigenvalue weighted by atomic mass is 10.1. The predicted octanol–water partition coefficient (Wildman–Crippen LogP) is 0.598. The standard InChI is InChI=1S/C14H27N3O5/c1-9(12(19)20)16-11(18)10(7-5-6-8-15)17-13(21)22-14(2,3)4/h9-10H,5-8,15H2,1-4H3,(H,16,18)(H,17,21)(H,19,20)/t9-,10+/m1/s1. The molecule has 128 valence electrons. The van der Waals surface area contributed by atoms with Crippen molar-refractivity contribution in [1.29, 1.82) is 0 Å². The molecule has 0 saturated carbocycles. The van der Waals surface area contributed by atoms with E-state index < -0.39 is 35.7 Å². The van der Waals surface area contributed by atoms with Crippen molar-refractivity contribution in [2.24, 2.45) is 5.73 Å². The number of amides is 2. The summed E-state index contributed by atoms with van der Waals surface area (Å²) in [6, 6.07) is -1.90. The molecule has 2 atom stereocenters. The molecule has 0 aliphatic carbocycles. The van der Waals surface area contributed by atoms with Crippen LogP contribution in [0.4, 0.5) is 4.79 Å². The SMILES string of the molecule is C[C@@H](NC(=O)[C@H](CCCCN)NC(=O)OC(C)(C)C)C(=O)O. The molecular weight excluding hydrogens is 290 g/mol. The summed E-state index contributed by atoms with van der Waals surface area (Å²) in [5.74, 6) is -1.70. The topological polar surface area (TPSA) is 131 Å². The van der Waals surface area contributed by atoms with E-state index in [1.807, 2.05) is 0 Å². The van der Waals surface area contributed by atoms with Crippen molar-refractivity contribution in [2.45, 2.75) is 64.6 Å². The first-order valence-electron chi connectivity index (χ1n) is 7.29. The quantitative estimate of drug-likeness (QED) is 0.485. The number of carbonyl (C=O) groups excluding carboxylic acids is 2. The first-order valence-corrected chi connectivity index (χ1v) is 7.29. The Morgan fingerprint density at radius 3 is 2.23 bits per heavy atom. The molecule has 0 aromatic carbocycles. The molecule has 0 aromatic rings. The van der Waals surface area contributed by atoms with E-state index in [1.165, 1.54) is 6.92 Å². The number of hydrogen-bond acceptors (Lipinski definition) is 5. The molecule has 2 amide bonds. The molecule has 8 nitrogen and oxygen atoms in total. The van der Waals surface area contributed by atoms with Gasteiger partial charge in [0.2, 0.25) is 5.91 Å². The number of rotatable bonds is 8. The largest absolute Gasteiger partial charge is 0.480 e. The average molecular weight is 317 g/mol. The van der Waals surface area contributed by atoms with E-state index in [2.05, 4.69) is 10.6 Å². The number of ether oxygens (including phenoxy) is 1. The van der Waals surface area contributed by atoms with Crippen molar-refractivity contribution in [2.75, 3.05) is 6.54 Å². The summed E-state index contributed by atoms with van der Waals surface area (Å²) in [5.41, 5.74) is 4.72. The average Bonchev–Trinajstić information content (AvgIpc) is 2.35. The Morgan fingerprint density at radius 1 is 1.18 bits per heavy atom. The van der Waals surface area contributed by atoms with Crippen LogP contribution in [0.2, 0.25) is 0 Å². The fourth-order valence-corrected chi connectivity index (χ4v) is 1.59. The van der Waals surface area contributed by atoms with Crippen molar-refractivity contribution in [3.63, 3.8) is 0 Å². The number of carboxylic acids is 1. The summed E-state index contributed by atoms with van der Waals surface area (Å²) < 4.78 is 5.11. The highest BCUT2D eigenvalue weighted by Gasteiger charge is 2.26. The number of carbonyl (C=O) groups is 3. The first kappa shape index (κ1) is 20.2. The summed E-state index contributed by atoms with van der Waals surface area (Å²) in [4.78, 5) is 34.6. The zero-order chi connectivity index (χ0) is 17.3. The Morgan fingerprint density at radius 2 is 1.77 bits per heavy atom. The van der Waals surface area contributed by atoms with Gasteiger partial charge in [0.15, 0.2) is 0 Å². The van der Waals surface area contributed by atoms with Crippen LogP contribution in [0, 0.1) is 0 Å². The molecule has 0 aliphatic heterocycles. The molecule has 5 N–H and O–H groups in total. The maximum absolute atomic E-state index is 12.1. The van der Waals surface area contributed by atoms with Gasteiger partial charge >= 0.3 is 12.1 Å². The lowest BCUT2D eigenvalue weighted by Gasteiger charge is -2.24. The van der Waals surface area contributed by atoms with Gasteiger partial charge in [-0.1, -0.05) is 0 Å². The van der Waals surface area contributed by atoms with E-state index >= 15 is 0 Å². The Labute approximate surface area is 130 Å². The fourth-order valence-electron chi connectivity index (χ4n) is 1.59. The first-order chi connectivity index (χ1) is 10.1. The summed E-state index contributed by atoms with van der Waals surface area (Å²) in [6.45, 7) is 6.96. The van der Waals surface area contributed by atoms with E-state index in [-0.39, 0.29) is 0 Å². The molecule has 0 bridgehead atoms. The molecule has 0 unspecified atom stereocenters. The third-order valence-electron chi connectivity index (χ3n) is 2.68. The molecular formula is C14H27N3O5. The zero-order valence-corrected chi connectivity index (χ0v) is 13.6. The summed E-state index contributed by atoms with van der Waals surface area (Å²) >= 11 is 0. The normalized spacial score (nSPS) is 13.9. The number of unbranched alkanes of at least 4 members (excludes halogenated alkanes) is 1. The highest BCUT2D eigenvalue weighted by Crippen LogP contribution is 2.08. The molecule has 0 fully saturated rings. The van der Waals surface area contributed by atoms with Gasteiger partial charge < -0.3 is 26.2 Å². The van der Waals surface area contributed by atoms with Crippen LogP contribution in [-0.4, -0.2) is 47.3 Å². The highest BCUT2D eigenvalue weighted by molar-refractivity contribution is 5.89. The van der Waals surface area contributed by atoms with Crippen molar-refractivity contribution in [1.82, 2.24) is 10.6 Å². The minimum Gasteiger partial charge on any atom is -0.480 e. The van der Waals surface area contributed by atoms with Gasteiger partial charge in [0.1, 0.15) is 17.7 Å². The number of carboxylic acid groups (broad SMARTS) is 1. The second kappa shape index (κ2) is 9.24. The highest BCUT2D eigenvalue weighted by atomic mass is 16.6. The van der Waals surface area contributed by atoms with Gasteiger partial charge in [0.05, 0.1) is 0 Å². The van der Waals surface area contributed by atoms with Crippen molar-refractivity contribution in [3.05, 3.63) is 0 Å². The van der Waals surface area contributed by atoms with E-state index in [0.717, 1.165) is 0 Å². The molecule has 0 aromatic heterocycles. The van der Waals surface area contributed by atoms with Crippen LogP contribution in [0.1, 0.15) is 47.0 Å². The maximum Gasteiger partial charge on any atom is 0.408 e.